The Morgan fingerprint density at radius 3 is 2.86 bits per heavy atom. The minimum absolute atomic E-state index is 0.119. The van der Waals surface area contributed by atoms with Crippen LogP contribution in [0, 0.1) is 6.92 Å². The van der Waals surface area contributed by atoms with Crippen molar-refractivity contribution >= 4 is 17.5 Å². The molecule has 2 aromatic rings. The molecule has 0 aliphatic carbocycles. The number of ether oxygens (including phenoxy) is 2. The molecular weight excluding hydrogens is 294 g/mol. The maximum absolute atomic E-state index is 12.4. The van der Waals surface area contributed by atoms with Gasteiger partial charge < -0.3 is 18.8 Å². The Balaban J connectivity index is 1.80. The van der Waals surface area contributed by atoms with Gasteiger partial charge in [-0.05, 0) is 31.2 Å². The number of furan rings is 1. The van der Waals surface area contributed by atoms with Crippen LogP contribution in [-0.4, -0.2) is 24.6 Å². The van der Waals surface area contributed by atoms with Crippen molar-refractivity contribution in [2.24, 2.45) is 0 Å². The van der Waals surface area contributed by atoms with Crippen LogP contribution >= 0.6 is 11.6 Å². The van der Waals surface area contributed by atoms with E-state index in [0.717, 1.165) is 11.5 Å². The molecule has 0 radical (unpaired) electrons. The normalized spacial score (nSPS) is 12.5. The van der Waals surface area contributed by atoms with Gasteiger partial charge in [-0.15, -0.1) is 0 Å². The van der Waals surface area contributed by atoms with Crippen molar-refractivity contribution in [2.45, 2.75) is 13.5 Å². The highest BCUT2D eigenvalue weighted by Gasteiger charge is 2.22. The van der Waals surface area contributed by atoms with Crippen LogP contribution in [0.4, 0.5) is 0 Å². The second-order valence-corrected chi connectivity index (χ2v) is 5.27. The molecule has 3 rings (SSSR count). The first-order valence-electron chi connectivity index (χ1n) is 6.44. The van der Waals surface area contributed by atoms with Gasteiger partial charge in [-0.2, -0.15) is 0 Å². The first-order valence-corrected chi connectivity index (χ1v) is 6.82. The SMILES string of the molecule is Cc1ccc(CN(C)C(=O)c2cc(Cl)c3c(c2)OCO3)o1. The van der Waals surface area contributed by atoms with Crippen molar-refractivity contribution < 1.29 is 18.7 Å². The number of benzene rings is 1. The number of halogens is 1. The summed E-state index contributed by atoms with van der Waals surface area (Å²) in [5.74, 6) is 2.36. The third-order valence-corrected chi connectivity index (χ3v) is 3.49. The van der Waals surface area contributed by atoms with E-state index in [1.165, 1.54) is 0 Å². The van der Waals surface area contributed by atoms with Crippen LogP contribution in [0.15, 0.2) is 28.7 Å². The lowest BCUT2D eigenvalue weighted by Crippen LogP contribution is -2.26. The van der Waals surface area contributed by atoms with Gasteiger partial charge in [0.2, 0.25) is 6.79 Å². The number of nitrogens with zero attached hydrogens (tertiary/aromatic N) is 1. The zero-order valence-electron chi connectivity index (χ0n) is 11.7. The molecule has 0 atom stereocenters. The average Bonchev–Trinajstić information content (AvgIpc) is 3.07. The van der Waals surface area contributed by atoms with Gasteiger partial charge in [-0.25, -0.2) is 0 Å². The number of hydrogen-bond acceptors (Lipinski definition) is 4. The molecule has 1 aromatic heterocycles. The third kappa shape index (κ3) is 2.69. The van der Waals surface area contributed by atoms with E-state index in [9.17, 15) is 4.79 Å². The molecule has 6 heteroatoms. The highest BCUT2D eigenvalue weighted by Crippen LogP contribution is 2.40. The van der Waals surface area contributed by atoms with Crippen LogP contribution in [-0.2, 0) is 6.54 Å². The number of hydrogen-bond donors (Lipinski definition) is 0. The van der Waals surface area contributed by atoms with Gasteiger partial charge >= 0.3 is 0 Å². The molecule has 21 heavy (non-hydrogen) atoms. The predicted molar refractivity (Wildman–Crippen MR) is 76.8 cm³/mol. The first kappa shape index (κ1) is 13.8. The van der Waals surface area contributed by atoms with Crippen LogP contribution in [0.3, 0.4) is 0 Å². The monoisotopic (exact) mass is 307 g/mol. The van der Waals surface area contributed by atoms with Crippen LogP contribution in [0.25, 0.3) is 0 Å². The van der Waals surface area contributed by atoms with E-state index >= 15 is 0 Å². The van der Waals surface area contributed by atoms with E-state index in [-0.39, 0.29) is 12.7 Å². The lowest BCUT2D eigenvalue weighted by molar-refractivity contribution is 0.0774. The summed E-state index contributed by atoms with van der Waals surface area (Å²) in [5.41, 5.74) is 0.454. The number of aryl methyl sites for hydroxylation is 1. The summed E-state index contributed by atoms with van der Waals surface area (Å²) in [7, 11) is 1.71. The molecule has 110 valence electrons. The smallest absolute Gasteiger partial charge is 0.254 e. The Kier molecular flexibility index (Phi) is 3.51. The third-order valence-electron chi connectivity index (χ3n) is 3.21. The minimum Gasteiger partial charge on any atom is -0.464 e. The van der Waals surface area contributed by atoms with Crippen molar-refractivity contribution in [3.63, 3.8) is 0 Å². The molecule has 0 spiro atoms. The molecule has 0 N–H and O–H groups in total. The second kappa shape index (κ2) is 5.33. The fourth-order valence-electron chi connectivity index (χ4n) is 2.19. The molecular formula is C15H14ClNO4. The van der Waals surface area contributed by atoms with Gasteiger partial charge in [0.15, 0.2) is 11.5 Å². The molecule has 5 nitrogen and oxygen atoms in total. The van der Waals surface area contributed by atoms with Gasteiger partial charge in [0, 0.05) is 12.6 Å². The van der Waals surface area contributed by atoms with E-state index < -0.39 is 0 Å². The van der Waals surface area contributed by atoms with Crippen LogP contribution < -0.4 is 9.47 Å². The molecule has 1 aliphatic rings. The number of carbonyl (C=O) groups excluding carboxylic acids is 1. The summed E-state index contributed by atoms with van der Waals surface area (Å²) < 4.78 is 16.0. The summed E-state index contributed by atoms with van der Waals surface area (Å²) in [6.45, 7) is 2.37. The van der Waals surface area contributed by atoms with Gasteiger partial charge in [-0.1, -0.05) is 11.6 Å². The summed E-state index contributed by atoms with van der Waals surface area (Å²) in [5, 5.41) is 0.371. The lowest BCUT2D eigenvalue weighted by Gasteiger charge is -2.16. The molecule has 0 saturated heterocycles. The van der Waals surface area contributed by atoms with Gasteiger partial charge in [0.1, 0.15) is 11.5 Å². The van der Waals surface area contributed by atoms with Crippen molar-refractivity contribution in [1.29, 1.82) is 0 Å². The average molecular weight is 308 g/mol. The van der Waals surface area contributed by atoms with Gasteiger partial charge in [-0.3, -0.25) is 4.79 Å². The van der Waals surface area contributed by atoms with Gasteiger partial charge in [0.05, 0.1) is 11.6 Å². The molecule has 0 saturated carbocycles. The number of rotatable bonds is 3. The predicted octanol–water partition coefficient (Wildman–Crippen LogP) is 3.24. The molecule has 0 fully saturated rings. The van der Waals surface area contributed by atoms with Gasteiger partial charge in [0.25, 0.3) is 5.91 Å². The van der Waals surface area contributed by atoms with E-state index in [1.54, 1.807) is 24.1 Å². The molecule has 0 bridgehead atoms. The van der Waals surface area contributed by atoms with Crippen LogP contribution in [0.5, 0.6) is 11.5 Å². The van der Waals surface area contributed by atoms with Crippen molar-refractivity contribution in [3.8, 4) is 11.5 Å². The molecule has 1 aliphatic heterocycles. The maximum atomic E-state index is 12.4. The summed E-state index contributed by atoms with van der Waals surface area (Å²) in [6, 6.07) is 6.94. The molecule has 0 unspecified atom stereocenters. The Labute approximate surface area is 127 Å². The zero-order valence-corrected chi connectivity index (χ0v) is 12.4. The molecule has 1 aromatic carbocycles. The van der Waals surface area contributed by atoms with E-state index in [2.05, 4.69) is 0 Å². The van der Waals surface area contributed by atoms with Crippen molar-refractivity contribution in [2.75, 3.05) is 13.8 Å². The van der Waals surface area contributed by atoms with Crippen LogP contribution in [0.1, 0.15) is 21.9 Å². The summed E-state index contributed by atoms with van der Waals surface area (Å²) >= 11 is 6.09. The minimum atomic E-state index is -0.163. The van der Waals surface area contributed by atoms with Crippen LogP contribution in [0.2, 0.25) is 5.02 Å². The first-order chi connectivity index (χ1) is 10.0. The highest BCUT2D eigenvalue weighted by molar-refractivity contribution is 6.32. The molecule has 2 heterocycles. The van der Waals surface area contributed by atoms with E-state index in [1.807, 2.05) is 19.1 Å². The van der Waals surface area contributed by atoms with E-state index in [0.29, 0.717) is 28.6 Å². The van der Waals surface area contributed by atoms with Crippen molar-refractivity contribution in [1.82, 2.24) is 4.90 Å². The maximum Gasteiger partial charge on any atom is 0.254 e. The Morgan fingerprint density at radius 1 is 1.33 bits per heavy atom. The largest absolute Gasteiger partial charge is 0.464 e. The van der Waals surface area contributed by atoms with Crippen molar-refractivity contribution in [3.05, 3.63) is 46.4 Å². The fraction of sp³-hybridized carbons (Fsp3) is 0.267. The lowest BCUT2D eigenvalue weighted by atomic mass is 10.1. The number of fused-ring (bicyclic) bond motifs is 1. The summed E-state index contributed by atoms with van der Waals surface area (Å²) in [4.78, 5) is 14.0. The van der Waals surface area contributed by atoms with E-state index in [4.69, 9.17) is 25.5 Å². The Morgan fingerprint density at radius 2 is 2.14 bits per heavy atom. The topological polar surface area (TPSA) is 51.9 Å². The number of amides is 1. The standard InChI is InChI=1S/C15H14ClNO4/c1-9-3-4-11(21-9)7-17(2)15(18)10-5-12(16)14-13(6-10)19-8-20-14/h3-6H,7-8H2,1-2H3. The Bertz CT molecular complexity index is 695. The fourth-order valence-corrected chi connectivity index (χ4v) is 2.45. The number of carbonyl (C=O) groups is 1. The molecule has 1 amide bonds. The zero-order chi connectivity index (χ0) is 15.0. The summed E-state index contributed by atoms with van der Waals surface area (Å²) in [6.07, 6.45) is 0. The Hall–Kier alpha value is -2.14. The highest BCUT2D eigenvalue weighted by atomic mass is 35.5. The quantitative estimate of drug-likeness (QED) is 0.873. The second-order valence-electron chi connectivity index (χ2n) is 4.87.